The van der Waals surface area contributed by atoms with Crippen molar-refractivity contribution in [2.75, 3.05) is 44.0 Å². The normalized spacial score (nSPS) is 14.1. The number of carbonyl (C=O) groups is 2. The molecule has 252 valence electrons. The van der Waals surface area contributed by atoms with E-state index in [2.05, 4.69) is 31.4 Å². The number of benzene rings is 2. The number of hydrogen-bond acceptors (Lipinski definition) is 11. The maximum absolute atomic E-state index is 13.9. The molecule has 1 aliphatic rings. The second-order valence-corrected chi connectivity index (χ2v) is 12.2. The van der Waals surface area contributed by atoms with Gasteiger partial charge in [-0.15, -0.1) is 10.2 Å². The highest BCUT2D eigenvalue weighted by atomic mass is 32.2. The lowest BCUT2D eigenvalue weighted by molar-refractivity contribution is -0.120. The van der Waals surface area contributed by atoms with Crippen molar-refractivity contribution in [1.82, 2.24) is 25.5 Å². The Morgan fingerprint density at radius 2 is 1.85 bits per heavy atom. The Bertz CT molecular complexity index is 1880. The molecule has 5 rings (SSSR count). The van der Waals surface area contributed by atoms with Crippen LogP contribution in [0.15, 0.2) is 53.3 Å². The van der Waals surface area contributed by atoms with Crippen molar-refractivity contribution in [3.05, 3.63) is 69.9 Å². The molecule has 14 heteroatoms. The van der Waals surface area contributed by atoms with Crippen molar-refractivity contribution >= 4 is 35.0 Å². The zero-order chi connectivity index (χ0) is 34.4. The Morgan fingerprint density at radius 3 is 2.52 bits per heavy atom. The Kier molecular flexibility index (Phi) is 10.8. The van der Waals surface area contributed by atoms with Gasteiger partial charge >= 0.3 is 0 Å². The van der Waals surface area contributed by atoms with Gasteiger partial charge in [0.05, 0.1) is 40.1 Å². The molecule has 0 radical (unpaired) electrons. The highest BCUT2D eigenvalue weighted by Crippen LogP contribution is 2.50. The lowest BCUT2D eigenvalue weighted by Gasteiger charge is -2.19. The predicted octanol–water partition coefficient (Wildman–Crippen LogP) is 4.23. The van der Waals surface area contributed by atoms with E-state index in [0.717, 1.165) is 11.1 Å². The fourth-order valence-electron chi connectivity index (χ4n) is 5.88. The lowest BCUT2D eigenvalue weighted by atomic mass is 9.95. The molecule has 1 aliphatic carbocycles. The molecule has 0 saturated heterocycles. The van der Waals surface area contributed by atoms with Gasteiger partial charge < -0.3 is 30.2 Å². The molecule has 0 fully saturated rings. The molecule has 0 bridgehead atoms. The fraction of sp³-hybridized carbons (Fsp3) is 0.353. The smallest absolute Gasteiger partial charge is 0.246 e. The van der Waals surface area contributed by atoms with E-state index in [1.807, 2.05) is 24.5 Å². The number of nitrogens with one attached hydrogen (secondary N) is 3. The summed E-state index contributed by atoms with van der Waals surface area (Å²) in [6, 6.07) is 12.9. The molecule has 1 heterocycles. The minimum absolute atomic E-state index is 0.218. The van der Waals surface area contributed by atoms with Gasteiger partial charge in [-0.2, -0.15) is 16.6 Å². The lowest BCUT2D eigenvalue weighted by Crippen LogP contribution is -2.36. The van der Waals surface area contributed by atoms with E-state index < -0.39 is 12.1 Å². The summed E-state index contributed by atoms with van der Waals surface area (Å²) >= 11 is 1.60. The van der Waals surface area contributed by atoms with Crippen LogP contribution in [-0.2, 0) is 23.1 Å². The largest absolute Gasteiger partial charge is 0.493 e. The quantitative estimate of drug-likeness (QED) is 0.198. The second kappa shape index (κ2) is 15.2. The number of methoxy groups -OCH3 is 3. The molecule has 0 unspecified atom stereocenters. The third-order valence-corrected chi connectivity index (χ3v) is 8.71. The van der Waals surface area contributed by atoms with Crippen LogP contribution in [0.2, 0.25) is 0 Å². The van der Waals surface area contributed by atoms with E-state index in [1.54, 1.807) is 57.3 Å². The molecular weight excluding hydrogens is 634 g/mol. The van der Waals surface area contributed by atoms with Gasteiger partial charge in [0.15, 0.2) is 11.5 Å². The summed E-state index contributed by atoms with van der Waals surface area (Å²) in [6.45, 7) is 1.45. The van der Waals surface area contributed by atoms with Crippen LogP contribution in [-0.4, -0.2) is 71.4 Å². The predicted molar refractivity (Wildman–Crippen MR) is 186 cm³/mol. The first-order valence-corrected chi connectivity index (χ1v) is 16.7. The minimum atomic E-state index is -0.733. The number of ether oxygens (including phenoxy) is 3. The van der Waals surface area contributed by atoms with Gasteiger partial charge in [0, 0.05) is 23.7 Å². The van der Waals surface area contributed by atoms with Crippen LogP contribution in [0.1, 0.15) is 36.9 Å². The first-order valence-electron chi connectivity index (χ1n) is 15.4. The molecule has 0 saturated carbocycles. The van der Waals surface area contributed by atoms with Crippen molar-refractivity contribution in [2.45, 2.75) is 38.3 Å². The van der Waals surface area contributed by atoms with Crippen molar-refractivity contribution in [2.24, 2.45) is 7.05 Å². The van der Waals surface area contributed by atoms with Crippen LogP contribution in [0, 0.1) is 0 Å². The molecule has 2 amide bonds. The summed E-state index contributed by atoms with van der Waals surface area (Å²) in [5.41, 5.74) is 4.16. The van der Waals surface area contributed by atoms with Crippen molar-refractivity contribution in [3.63, 3.8) is 0 Å². The maximum atomic E-state index is 13.9. The highest BCUT2D eigenvalue weighted by Gasteiger charge is 2.30. The van der Waals surface area contributed by atoms with Gasteiger partial charge in [-0.1, -0.05) is 18.2 Å². The second-order valence-electron chi connectivity index (χ2n) is 11.2. The maximum Gasteiger partial charge on any atom is 0.246 e. The van der Waals surface area contributed by atoms with Gasteiger partial charge in [0.2, 0.25) is 28.8 Å². The average Bonchev–Trinajstić information content (AvgIpc) is 3.38. The number of tetrazole rings is 1. The number of carbonyl (C=O) groups excluding carboxylic acids is 2. The summed E-state index contributed by atoms with van der Waals surface area (Å²) in [6.07, 6.45) is 3.53. The average molecular weight is 674 g/mol. The van der Waals surface area contributed by atoms with E-state index >= 15 is 0 Å². The Hall–Kier alpha value is -5.11. The molecule has 0 spiro atoms. The molecule has 4 aromatic rings. The summed E-state index contributed by atoms with van der Waals surface area (Å²) in [4.78, 5) is 41.3. The van der Waals surface area contributed by atoms with Gasteiger partial charge in [-0.05, 0) is 83.5 Å². The van der Waals surface area contributed by atoms with Gasteiger partial charge in [0.1, 0.15) is 6.04 Å². The van der Waals surface area contributed by atoms with E-state index in [4.69, 9.17) is 14.2 Å². The number of fused-ring (bicyclic) bond motifs is 3. The van der Waals surface area contributed by atoms with Crippen molar-refractivity contribution < 1.29 is 23.8 Å². The number of thioether (sulfide) groups is 1. The van der Waals surface area contributed by atoms with Gasteiger partial charge in [-0.25, -0.2) is 0 Å². The highest BCUT2D eigenvalue weighted by molar-refractivity contribution is 7.98. The Labute approximate surface area is 282 Å². The third kappa shape index (κ3) is 7.38. The van der Waals surface area contributed by atoms with Crippen LogP contribution in [0.25, 0.3) is 22.5 Å². The van der Waals surface area contributed by atoms with Gasteiger partial charge in [-0.3, -0.25) is 14.4 Å². The first-order chi connectivity index (χ1) is 23.2. The summed E-state index contributed by atoms with van der Waals surface area (Å²) in [7, 11) is 6.33. The topological polar surface area (TPSA) is 159 Å². The molecule has 3 N–H and O–H groups in total. The standard InChI is InChI=1S/C34H39N7O6S/c1-19(42)35-25-12-10-20-17-29(45-3)31(46-4)32(47-5)30(20)23-11-13-26(28(43)18-24(23)25)37-27(14-15-48-6)34(44)36-22-9-7-8-21(16-22)33-38-40-41(2)39-33/h7-9,11,13,16-18,25,27H,10,12,14-15H2,1-6H3,(H,35,42)(H,36,44)(H,37,43)/t25-,27-/m0/s1. The van der Waals surface area contributed by atoms with E-state index in [0.29, 0.717) is 70.5 Å². The molecule has 3 aromatic carbocycles. The van der Waals surface area contributed by atoms with Crippen LogP contribution in [0.3, 0.4) is 0 Å². The molecular formula is C34H39N7O6S. The fourth-order valence-corrected chi connectivity index (χ4v) is 6.36. The monoisotopic (exact) mass is 673 g/mol. The molecule has 2 atom stereocenters. The molecule has 13 nitrogen and oxygen atoms in total. The first kappa shape index (κ1) is 34.2. The Balaban J connectivity index is 1.55. The molecule has 1 aromatic heterocycles. The number of aryl methyl sites for hydroxylation is 2. The van der Waals surface area contributed by atoms with Gasteiger partial charge in [0.25, 0.3) is 0 Å². The van der Waals surface area contributed by atoms with Crippen LogP contribution in [0.4, 0.5) is 11.4 Å². The number of nitrogens with zero attached hydrogens (tertiary/aromatic N) is 4. The summed E-state index contributed by atoms with van der Waals surface area (Å²) in [5.74, 6) is 1.98. The van der Waals surface area contributed by atoms with E-state index in [9.17, 15) is 14.4 Å². The zero-order valence-corrected chi connectivity index (χ0v) is 28.6. The summed E-state index contributed by atoms with van der Waals surface area (Å²) in [5, 5.41) is 21.4. The number of amides is 2. The number of rotatable bonds is 12. The van der Waals surface area contributed by atoms with Crippen LogP contribution >= 0.6 is 11.8 Å². The SMILES string of the molecule is COc1cc2c(c(OC)c1OC)-c1ccc(N[C@@H](CCSC)C(=O)Nc3cccc(-c4nnn(C)n4)c3)c(=O)cc1[C@@H](NC(C)=O)CC2. The zero-order valence-electron chi connectivity index (χ0n) is 27.7. The van der Waals surface area contributed by atoms with E-state index in [-0.39, 0.29) is 22.9 Å². The summed E-state index contributed by atoms with van der Waals surface area (Å²) < 4.78 is 17.2. The van der Waals surface area contributed by atoms with Crippen LogP contribution < -0.4 is 35.6 Å². The van der Waals surface area contributed by atoms with Crippen molar-refractivity contribution in [1.29, 1.82) is 0 Å². The third-order valence-electron chi connectivity index (χ3n) is 8.07. The number of hydrogen-bond donors (Lipinski definition) is 3. The number of anilines is 2. The Morgan fingerprint density at radius 1 is 1.06 bits per heavy atom. The molecule has 48 heavy (non-hydrogen) atoms. The minimum Gasteiger partial charge on any atom is -0.493 e. The van der Waals surface area contributed by atoms with Crippen LogP contribution in [0.5, 0.6) is 17.2 Å². The number of aromatic nitrogens is 4. The van der Waals surface area contributed by atoms with Crippen molar-refractivity contribution in [3.8, 4) is 39.8 Å². The van der Waals surface area contributed by atoms with E-state index in [1.165, 1.54) is 24.9 Å². The molecule has 0 aliphatic heterocycles.